The molecular weight excluding hydrogens is 480 g/mol. The van der Waals surface area contributed by atoms with Crippen molar-refractivity contribution in [1.82, 2.24) is 0 Å². The third kappa shape index (κ3) is 12.3. The average molecular weight is 549 g/mol. The van der Waals surface area contributed by atoms with E-state index in [0.29, 0.717) is 28.6 Å². The van der Waals surface area contributed by atoms with E-state index in [1.807, 2.05) is 0 Å². The lowest BCUT2D eigenvalue weighted by Crippen LogP contribution is -2.19. The maximum absolute atomic E-state index is 2.49. The van der Waals surface area contributed by atoms with Crippen LogP contribution >= 0.6 is 0 Å². The van der Waals surface area contributed by atoms with E-state index < -0.39 is 0 Å². The molecule has 2 rings (SSSR count). The van der Waals surface area contributed by atoms with Crippen LogP contribution in [0.4, 0.5) is 0 Å². The highest BCUT2D eigenvalue weighted by atomic mass is 14.3. The van der Waals surface area contributed by atoms with Gasteiger partial charge in [-0.1, -0.05) is 122 Å². The molecule has 228 valence electrons. The molecule has 0 aromatic heterocycles. The smallest absolute Gasteiger partial charge is 0.0104 e. The van der Waals surface area contributed by atoms with Crippen molar-refractivity contribution >= 4 is 0 Å². The lowest BCUT2D eigenvalue weighted by Gasteiger charge is -2.33. The molecule has 0 N–H and O–H groups in total. The second-order valence-electron chi connectivity index (χ2n) is 15.5. The Morgan fingerprint density at radius 2 is 1.02 bits per heavy atom. The second-order valence-corrected chi connectivity index (χ2v) is 15.5. The Kier molecular flexibility index (Phi) is 14.8. The molecule has 0 heterocycles. The van der Waals surface area contributed by atoms with Crippen molar-refractivity contribution in [1.29, 1.82) is 0 Å². The van der Waals surface area contributed by atoms with Crippen LogP contribution in [-0.4, -0.2) is 0 Å². The Bertz CT molecular complexity index is 898. The number of hydrogen-bond donors (Lipinski definition) is 0. The summed E-state index contributed by atoms with van der Waals surface area (Å²) >= 11 is 0. The van der Waals surface area contributed by atoms with Crippen molar-refractivity contribution in [3.05, 3.63) is 58.7 Å². The second kappa shape index (κ2) is 17.0. The summed E-state index contributed by atoms with van der Waals surface area (Å²) in [6, 6.07) is 0. The van der Waals surface area contributed by atoms with Crippen LogP contribution in [-0.2, 0) is 0 Å². The molecule has 0 nitrogen and oxygen atoms in total. The maximum atomic E-state index is 2.49. The van der Waals surface area contributed by atoms with Gasteiger partial charge in [0, 0.05) is 0 Å². The normalized spacial score (nSPS) is 22.9. The van der Waals surface area contributed by atoms with Crippen LogP contribution in [0, 0.1) is 34.5 Å². The number of allylic oxidation sites excluding steroid dienone is 10. The predicted octanol–water partition coefficient (Wildman–Crippen LogP) is 13.4. The van der Waals surface area contributed by atoms with E-state index in [2.05, 4.69) is 106 Å². The van der Waals surface area contributed by atoms with Crippen LogP contribution in [0.5, 0.6) is 0 Å². The molecule has 0 saturated carbocycles. The maximum Gasteiger partial charge on any atom is -0.0104 e. The summed E-state index contributed by atoms with van der Waals surface area (Å²) in [4.78, 5) is 0. The van der Waals surface area contributed by atoms with Crippen LogP contribution in [0.1, 0.15) is 159 Å². The summed E-state index contributed by atoms with van der Waals surface area (Å²) in [6.45, 7) is 24.0. The Morgan fingerprint density at radius 1 is 0.600 bits per heavy atom. The largest absolute Gasteiger partial charge is 0.0883 e. The van der Waals surface area contributed by atoms with Crippen LogP contribution in [0.3, 0.4) is 0 Å². The van der Waals surface area contributed by atoms with Gasteiger partial charge in [0.25, 0.3) is 0 Å². The van der Waals surface area contributed by atoms with Gasteiger partial charge in [0.2, 0.25) is 0 Å². The summed E-state index contributed by atoms with van der Waals surface area (Å²) in [5.74, 6) is 2.89. The molecule has 0 spiro atoms. The van der Waals surface area contributed by atoms with Crippen LogP contribution in [0.25, 0.3) is 0 Å². The minimum Gasteiger partial charge on any atom is -0.0883 e. The molecule has 2 aliphatic carbocycles. The predicted molar refractivity (Wildman–Crippen MR) is 182 cm³/mol. The molecule has 0 radical (unpaired) electrons. The lowest BCUT2D eigenvalue weighted by atomic mass is 9.72. The van der Waals surface area contributed by atoms with Gasteiger partial charge in [-0.05, 0) is 130 Å². The van der Waals surface area contributed by atoms with Gasteiger partial charge in [0.05, 0.1) is 0 Å². The van der Waals surface area contributed by atoms with Crippen molar-refractivity contribution < 1.29 is 0 Å². The van der Waals surface area contributed by atoms with E-state index in [1.54, 1.807) is 22.3 Å². The van der Waals surface area contributed by atoms with Crippen molar-refractivity contribution in [3.8, 4) is 0 Å². The van der Waals surface area contributed by atoms with Gasteiger partial charge in [-0.3, -0.25) is 0 Å². The quantitative estimate of drug-likeness (QED) is 0.168. The third-order valence-corrected chi connectivity index (χ3v) is 10.2. The van der Waals surface area contributed by atoms with Crippen molar-refractivity contribution in [3.63, 3.8) is 0 Å². The zero-order valence-electron chi connectivity index (χ0n) is 28.7. The van der Waals surface area contributed by atoms with Crippen LogP contribution in [0.15, 0.2) is 58.7 Å². The Hall–Kier alpha value is -1.30. The van der Waals surface area contributed by atoms with Crippen LogP contribution in [0.2, 0.25) is 0 Å². The molecule has 0 fully saturated rings. The summed E-state index contributed by atoms with van der Waals surface area (Å²) in [5.41, 5.74) is 7.16. The summed E-state index contributed by atoms with van der Waals surface area (Å²) in [7, 11) is 0. The Balaban J connectivity index is 1.59. The number of hydrogen-bond acceptors (Lipinski definition) is 0. The first-order valence-corrected chi connectivity index (χ1v) is 17.3. The van der Waals surface area contributed by atoms with Gasteiger partial charge in [-0.15, -0.1) is 0 Å². The SMILES string of the molecule is CC1=C(/C=C/C(C)CCCC(C)/C=C/CCC(C)CCCC(C)/C=C/C2=C(C)CCCC2(C)C)C(C)(C)CCC1. The third-order valence-electron chi connectivity index (χ3n) is 10.2. The van der Waals surface area contributed by atoms with E-state index in [0.717, 1.165) is 5.92 Å². The molecular formula is C40H68. The first-order valence-electron chi connectivity index (χ1n) is 17.3. The molecule has 0 aromatic carbocycles. The average Bonchev–Trinajstić information content (AvgIpc) is 2.85. The molecule has 4 atom stereocenters. The van der Waals surface area contributed by atoms with Gasteiger partial charge in [0.15, 0.2) is 0 Å². The van der Waals surface area contributed by atoms with Gasteiger partial charge in [-0.25, -0.2) is 0 Å². The number of rotatable bonds is 16. The fourth-order valence-electron chi connectivity index (χ4n) is 7.23. The minimum atomic E-state index is 0.356. The van der Waals surface area contributed by atoms with Crippen LogP contribution < -0.4 is 0 Å². The molecule has 0 saturated heterocycles. The molecule has 4 unspecified atom stereocenters. The van der Waals surface area contributed by atoms with Gasteiger partial charge in [0.1, 0.15) is 0 Å². The lowest BCUT2D eigenvalue weighted by molar-refractivity contribution is 0.376. The summed E-state index contributed by atoms with van der Waals surface area (Å²) < 4.78 is 0. The standard InChI is InChI=1S/C40H68/c1-31(19-13-21-33(3)25-27-37-35(5)23-15-29-39(37,7)8)17-11-12-18-32(2)20-14-22-34(4)26-28-38-36(6)24-16-30-40(38,9)10/h11,17,25-28,31-34H,12-16,18-24,29-30H2,1-10H3/b17-11+,27-25+,28-26+. The molecule has 0 heteroatoms. The monoisotopic (exact) mass is 549 g/mol. The fraction of sp³-hybridized carbons (Fsp3) is 0.750. The van der Waals surface area contributed by atoms with Crippen molar-refractivity contribution in [2.75, 3.05) is 0 Å². The fourth-order valence-corrected chi connectivity index (χ4v) is 7.23. The highest BCUT2D eigenvalue weighted by Gasteiger charge is 2.27. The van der Waals surface area contributed by atoms with Crippen molar-refractivity contribution in [2.24, 2.45) is 34.5 Å². The molecule has 0 bridgehead atoms. The van der Waals surface area contributed by atoms with E-state index in [4.69, 9.17) is 0 Å². The molecule has 0 aromatic rings. The van der Waals surface area contributed by atoms with Gasteiger partial charge < -0.3 is 0 Å². The highest BCUT2D eigenvalue weighted by molar-refractivity contribution is 5.33. The summed E-state index contributed by atoms with van der Waals surface area (Å²) in [5, 5.41) is 0. The van der Waals surface area contributed by atoms with Gasteiger partial charge >= 0.3 is 0 Å². The first-order chi connectivity index (χ1) is 18.8. The van der Waals surface area contributed by atoms with E-state index in [9.17, 15) is 0 Å². The van der Waals surface area contributed by atoms with Crippen molar-refractivity contribution in [2.45, 2.75) is 159 Å². The zero-order chi connectivity index (χ0) is 29.8. The highest BCUT2D eigenvalue weighted by Crippen LogP contribution is 2.42. The first kappa shape index (κ1) is 34.9. The van der Waals surface area contributed by atoms with E-state index in [-0.39, 0.29) is 0 Å². The topological polar surface area (TPSA) is 0 Å². The Labute approximate surface area is 252 Å². The van der Waals surface area contributed by atoms with E-state index in [1.165, 1.54) is 89.9 Å². The molecule has 40 heavy (non-hydrogen) atoms. The minimum absolute atomic E-state index is 0.356. The molecule has 0 aliphatic heterocycles. The molecule has 2 aliphatic rings. The summed E-state index contributed by atoms with van der Waals surface area (Å²) in [6.07, 6.45) is 33.4. The zero-order valence-corrected chi connectivity index (χ0v) is 28.7. The molecule has 0 amide bonds. The van der Waals surface area contributed by atoms with E-state index >= 15 is 0 Å². The Morgan fingerprint density at radius 3 is 1.48 bits per heavy atom. The van der Waals surface area contributed by atoms with Gasteiger partial charge in [-0.2, -0.15) is 0 Å².